The smallest absolute Gasteiger partial charge is 0.313 e. The molecule has 2 heterocycles. The molecule has 1 saturated heterocycles. The normalized spacial score (nSPS) is 20.6. The third-order valence-corrected chi connectivity index (χ3v) is 5.44. The second-order valence-electron chi connectivity index (χ2n) is 7.88. The van der Waals surface area contributed by atoms with Gasteiger partial charge in [0, 0.05) is 17.6 Å². The Kier molecular flexibility index (Phi) is 6.34. The number of nitrogens with one attached hydrogen (secondary N) is 2. The number of carbonyl (C=O) groups excluding carboxylic acids is 2. The molecule has 158 valence electrons. The molecule has 0 aliphatic carbocycles. The minimum atomic E-state index is -0.662. The van der Waals surface area contributed by atoms with E-state index in [1.165, 1.54) is 0 Å². The van der Waals surface area contributed by atoms with Crippen LogP contribution in [0.2, 0.25) is 0 Å². The number of amides is 2. The number of hydrogen-bond donors (Lipinski definition) is 3. The second-order valence-corrected chi connectivity index (χ2v) is 7.88. The number of allylic oxidation sites excluding steroid dienone is 3. The van der Waals surface area contributed by atoms with Gasteiger partial charge in [-0.1, -0.05) is 13.0 Å². The largest absolute Gasteiger partial charge is 0.384 e. The van der Waals surface area contributed by atoms with Crippen molar-refractivity contribution in [1.82, 2.24) is 20.4 Å². The van der Waals surface area contributed by atoms with E-state index >= 15 is 0 Å². The molecule has 0 saturated carbocycles. The Labute approximate surface area is 175 Å². The summed E-state index contributed by atoms with van der Waals surface area (Å²) in [4.78, 5) is 31.1. The van der Waals surface area contributed by atoms with Gasteiger partial charge in [0.2, 0.25) is 0 Å². The monoisotopic (exact) mass is 408 g/mol. The highest BCUT2D eigenvalue weighted by atomic mass is 16.2. The van der Waals surface area contributed by atoms with Crippen LogP contribution in [0.25, 0.3) is 10.9 Å². The number of fused-ring (bicyclic) bond motifs is 1. The van der Waals surface area contributed by atoms with Gasteiger partial charge in [-0.05, 0) is 68.7 Å². The zero-order chi connectivity index (χ0) is 21.8. The Balaban J connectivity index is 1.81. The fourth-order valence-electron chi connectivity index (χ4n) is 3.81. The molecule has 2 aromatic rings. The number of aromatic nitrogens is 2. The molecule has 1 aliphatic rings. The van der Waals surface area contributed by atoms with E-state index in [2.05, 4.69) is 34.1 Å². The van der Waals surface area contributed by atoms with Crippen LogP contribution in [0.3, 0.4) is 0 Å². The highest BCUT2D eigenvalue weighted by Crippen LogP contribution is 2.34. The van der Waals surface area contributed by atoms with Crippen molar-refractivity contribution in [3.63, 3.8) is 0 Å². The predicted octanol–water partition coefficient (Wildman–Crippen LogP) is 2.77. The van der Waals surface area contributed by atoms with Crippen LogP contribution in [0, 0.1) is 5.92 Å². The fourth-order valence-corrected chi connectivity index (χ4v) is 3.81. The number of likely N-dealkylation sites (tertiary alicyclic amines) is 1. The summed E-state index contributed by atoms with van der Waals surface area (Å²) in [5.41, 5.74) is 8.83. The third-order valence-electron chi connectivity index (χ3n) is 5.44. The van der Waals surface area contributed by atoms with Gasteiger partial charge in [0.1, 0.15) is 5.82 Å². The summed E-state index contributed by atoms with van der Waals surface area (Å²) in [6.45, 7) is 9.48. The SMILES string of the molecule is C=N/C(N)=C(C)\C=C(/C)NC(=O)C(=O)N1CC(C)CCC1c1ccc2[nH]ncc2c1. The number of hydrogen-bond acceptors (Lipinski definition) is 5. The number of aliphatic imine (C=N–C) groups is 1. The summed E-state index contributed by atoms with van der Waals surface area (Å²) in [5.74, 6) is -0.598. The van der Waals surface area contributed by atoms with Gasteiger partial charge in [-0.25, -0.2) is 4.99 Å². The minimum Gasteiger partial charge on any atom is -0.384 e. The van der Waals surface area contributed by atoms with E-state index in [1.807, 2.05) is 18.2 Å². The van der Waals surface area contributed by atoms with Crippen LogP contribution in [0.1, 0.15) is 45.2 Å². The minimum absolute atomic E-state index is 0.148. The number of nitrogens with two attached hydrogens (primary N) is 1. The second kappa shape index (κ2) is 8.94. The first-order valence-corrected chi connectivity index (χ1v) is 9.96. The molecule has 1 aromatic carbocycles. The van der Waals surface area contributed by atoms with E-state index in [0.717, 1.165) is 29.3 Å². The molecule has 0 radical (unpaired) electrons. The van der Waals surface area contributed by atoms with Crippen LogP contribution in [-0.2, 0) is 9.59 Å². The molecule has 0 bridgehead atoms. The molecule has 30 heavy (non-hydrogen) atoms. The predicted molar refractivity (Wildman–Crippen MR) is 117 cm³/mol. The number of piperidine rings is 1. The Morgan fingerprint density at radius 1 is 1.37 bits per heavy atom. The van der Waals surface area contributed by atoms with Crippen LogP contribution in [0.5, 0.6) is 0 Å². The number of rotatable bonds is 4. The Morgan fingerprint density at radius 2 is 2.13 bits per heavy atom. The standard InChI is InChI=1S/C22H28N6O2/c1-13-5-8-19(16-6-7-18-17(10-16)11-25-27-18)28(12-13)22(30)21(29)26-15(3)9-14(2)20(23)24-4/h6-7,9-11,13,19H,4-5,8,12,23H2,1-3H3,(H,25,27)(H,26,29)/b15-9+,20-14-. The van der Waals surface area contributed by atoms with E-state index in [0.29, 0.717) is 23.7 Å². The maximum atomic E-state index is 13.1. The van der Waals surface area contributed by atoms with Gasteiger partial charge >= 0.3 is 11.8 Å². The molecule has 3 rings (SSSR count). The van der Waals surface area contributed by atoms with Crippen molar-refractivity contribution in [3.05, 3.63) is 53.1 Å². The van der Waals surface area contributed by atoms with Gasteiger partial charge in [-0.3, -0.25) is 14.7 Å². The highest BCUT2D eigenvalue weighted by Gasteiger charge is 2.34. The Hall–Kier alpha value is -3.42. The van der Waals surface area contributed by atoms with Crippen LogP contribution < -0.4 is 11.1 Å². The summed E-state index contributed by atoms with van der Waals surface area (Å²) in [6, 6.07) is 5.83. The summed E-state index contributed by atoms with van der Waals surface area (Å²) >= 11 is 0. The topological polar surface area (TPSA) is 116 Å². The van der Waals surface area contributed by atoms with Gasteiger partial charge in [0.05, 0.1) is 17.8 Å². The van der Waals surface area contributed by atoms with Gasteiger partial charge in [0.25, 0.3) is 0 Å². The van der Waals surface area contributed by atoms with Crippen LogP contribution in [0.15, 0.2) is 52.6 Å². The third kappa shape index (κ3) is 4.59. The molecular formula is C22H28N6O2. The lowest BCUT2D eigenvalue weighted by Gasteiger charge is -2.38. The number of benzene rings is 1. The lowest BCUT2D eigenvalue weighted by molar-refractivity contribution is -0.148. The quantitative estimate of drug-likeness (QED) is 0.410. The summed E-state index contributed by atoms with van der Waals surface area (Å²) in [7, 11) is 0. The number of nitrogens with zero attached hydrogens (tertiary/aromatic N) is 3. The molecule has 2 atom stereocenters. The molecule has 1 aliphatic heterocycles. The van der Waals surface area contributed by atoms with Crippen LogP contribution in [0.4, 0.5) is 0 Å². The van der Waals surface area contributed by atoms with Crippen molar-refractivity contribution in [3.8, 4) is 0 Å². The van der Waals surface area contributed by atoms with E-state index < -0.39 is 11.8 Å². The fraction of sp³-hybridized carbons (Fsp3) is 0.364. The van der Waals surface area contributed by atoms with Gasteiger partial charge in [-0.2, -0.15) is 5.10 Å². The summed E-state index contributed by atoms with van der Waals surface area (Å²) in [6.07, 6.45) is 5.23. The maximum absolute atomic E-state index is 13.1. The molecule has 4 N–H and O–H groups in total. The lowest BCUT2D eigenvalue weighted by atomic mass is 9.89. The average Bonchev–Trinajstić information content (AvgIpc) is 3.20. The van der Waals surface area contributed by atoms with Crippen molar-refractivity contribution in [2.45, 2.75) is 39.7 Å². The molecular weight excluding hydrogens is 380 g/mol. The zero-order valence-electron chi connectivity index (χ0n) is 17.6. The van der Waals surface area contributed by atoms with Crippen molar-refractivity contribution >= 4 is 29.4 Å². The Bertz CT molecular complexity index is 1040. The molecule has 2 amide bonds. The average molecular weight is 409 g/mol. The zero-order valence-corrected chi connectivity index (χ0v) is 17.6. The maximum Gasteiger partial charge on any atom is 0.313 e. The number of carbonyl (C=O) groups is 2. The molecule has 8 nitrogen and oxygen atoms in total. The summed E-state index contributed by atoms with van der Waals surface area (Å²) in [5, 5.41) is 10.6. The van der Waals surface area contributed by atoms with Crippen molar-refractivity contribution in [2.75, 3.05) is 6.54 Å². The van der Waals surface area contributed by atoms with E-state index in [1.54, 1.807) is 31.0 Å². The first kappa shape index (κ1) is 21.3. The molecule has 1 fully saturated rings. The molecule has 0 spiro atoms. The number of aromatic amines is 1. The van der Waals surface area contributed by atoms with E-state index in [-0.39, 0.29) is 11.9 Å². The van der Waals surface area contributed by atoms with Gasteiger partial charge in [0.15, 0.2) is 0 Å². The molecule has 1 aromatic heterocycles. The first-order chi connectivity index (χ1) is 14.3. The van der Waals surface area contributed by atoms with Crippen LogP contribution in [-0.4, -0.2) is 40.2 Å². The van der Waals surface area contributed by atoms with E-state index in [4.69, 9.17) is 5.73 Å². The van der Waals surface area contributed by atoms with Gasteiger partial charge in [-0.15, -0.1) is 0 Å². The number of H-pyrrole nitrogens is 1. The van der Waals surface area contributed by atoms with Crippen molar-refractivity contribution in [1.29, 1.82) is 0 Å². The van der Waals surface area contributed by atoms with E-state index in [9.17, 15) is 9.59 Å². The summed E-state index contributed by atoms with van der Waals surface area (Å²) < 4.78 is 0. The van der Waals surface area contributed by atoms with Crippen molar-refractivity contribution < 1.29 is 9.59 Å². The van der Waals surface area contributed by atoms with Crippen LogP contribution >= 0.6 is 0 Å². The van der Waals surface area contributed by atoms with Gasteiger partial charge < -0.3 is 16.0 Å². The lowest BCUT2D eigenvalue weighted by Crippen LogP contribution is -2.48. The molecule has 8 heteroatoms. The first-order valence-electron chi connectivity index (χ1n) is 9.96. The van der Waals surface area contributed by atoms with Crippen molar-refractivity contribution in [2.24, 2.45) is 16.6 Å². The highest BCUT2D eigenvalue weighted by molar-refractivity contribution is 6.35. The molecule has 2 unspecified atom stereocenters. The Morgan fingerprint density at radius 3 is 2.87 bits per heavy atom.